The van der Waals surface area contributed by atoms with E-state index in [9.17, 15) is 8.78 Å². The lowest BCUT2D eigenvalue weighted by atomic mass is 10.1. The zero-order chi connectivity index (χ0) is 18.1. The quantitative estimate of drug-likeness (QED) is 0.627. The van der Waals surface area contributed by atoms with E-state index in [1.807, 2.05) is 18.2 Å². The van der Waals surface area contributed by atoms with E-state index in [2.05, 4.69) is 27.2 Å². The average molecular weight is 357 g/mol. The van der Waals surface area contributed by atoms with Crippen LogP contribution in [0.1, 0.15) is 35.4 Å². The van der Waals surface area contributed by atoms with E-state index >= 15 is 0 Å². The predicted octanol–water partition coefficient (Wildman–Crippen LogP) is 4.06. The number of hydrogen-bond acceptors (Lipinski definition) is 2. The number of hydrogen-bond donors (Lipinski definition) is 2. The van der Waals surface area contributed by atoms with Gasteiger partial charge in [0.05, 0.1) is 6.04 Å². The van der Waals surface area contributed by atoms with Gasteiger partial charge in [-0.3, -0.25) is 0 Å². The number of aryl methyl sites for hydroxylation is 2. The molecule has 0 heterocycles. The molecule has 0 bridgehead atoms. The molecule has 2 aliphatic carbocycles. The summed E-state index contributed by atoms with van der Waals surface area (Å²) >= 11 is 0. The molecule has 0 unspecified atom stereocenters. The van der Waals surface area contributed by atoms with Crippen LogP contribution in [0, 0.1) is 0 Å². The van der Waals surface area contributed by atoms with Crippen LogP contribution < -0.4 is 15.8 Å². The summed E-state index contributed by atoms with van der Waals surface area (Å²) in [6, 6.07) is 13.1. The monoisotopic (exact) mass is 357 g/mol. The minimum Gasteiger partial charge on any atom is -0.435 e. The van der Waals surface area contributed by atoms with Crippen molar-refractivity contribution in [1.29, 1.82) is 0 Å². The topological polar surface area (TPSA) is 59.6 Å². The van der Waals surface area contributed by atoms with Gasteiger partial charge < -0.3 is 15.8 Å². The number of rotatable bonds is 5. The van der Waals surface area contributed by atoms with Crippen molar-refractivity contribution >= 4 is 11.6 Å². The van der Waals surface area contributed by atoms with Gasteiger partial charge in [0.25, 0.3) is 0 Å². The molecule has 2 atom stereocenters. The first kappa shape index (κ1) is 16.8. The highest BCUT2D eigenvalue weighted by atomic mass is 19.3. The largest absolute Gasteiger partial charge is 0.435 e. The minimum atomic E-state index is -2.83. The third kappa shape index (κ3) is 3.64. The molecule has 2 aromatic carbocycles. The van der Waals surface area contributed by atoms with Crippen molar-refractivity contribution < 1.29 is 13.5 Å². The van der Waals surface area contributed by atoms with Crippen molar-refractivity contribution in [3.05, 3.63) is 59.2 Å². The van der Waals surface area contributed by atoms with E-state index in [-0.39, 0.29) is 17.7 Å². The Morgan fingerprint density at radius 2 is 1.96 bits per heavy atom. The molecule has 0 spiro atoms. The normalized spacial score (nSPS) is 21.6. The van der Waals surface area contributed by atoms with Crippen LogP contribution in [0.5, 0.6) is 5.75 Å². The molecule has 0 saturated heterocycles. The van der Waals surface area contributed by atoms with Gasteiger partial charge in [-0.2, -0.15) is 8.78 Å². The number of para-hydroxylation sites is 1. The molecule has 136 valence electrons. The molecule has 0 radical (unpaired) electrons. The maximum atomic E-state index is 12.5. The molecule has 2 aromatic rings. The highest BCUT2D eigenvalue weighted by Crippen LogP contribution is 2.47. The summed E-state index contributed by atoms with van der Waals surface area (Å²) in [6.07, 6.45) is 4.22. The van der Waals surface area contributed by atoms with Gasteiger partial charge in [-0.1, -0.05) is 24.3 Å². The fourth-order valence-electron chi connectivity index (χ4n) is 3.66. The third-order valence-corrected chi connectivity index (χ3v) is 4.97. The van der Waals surface area contributed by atoms with Crippen molar-refractivity contribution in [3.63, 3.8) is 0 Å². The molecule has 2 aliphatic rings. The predicted molar refractivity (Wildman–Crippen MR) is 97.9 cm³/mol. The Bertz CT molecular complexity index is 838. The second kappa shape index (κ2) is 6.94. The van der Waals surface area contributed by atoms with Crippen LogP contribution in [0.3, 0.4) is 0 Å². The van der Waals surface area contributed by atoms with Crippen LogP contribution in [-0.2, 0) is 12.8 Å². The highest BCUT2D eigenvalue weighted by Gasteiger charge is 2.40. The number of benzene rings is 2. The summed E-state index contributed by atoms with van der Waals surface area (Å²) in [5, 5.41) is 3.14. The molecule has 6 heteroatoms. The fourth-order valence-corrected chi connectivity index (χ4v) is 3.66. The molecule has 0 aromatic heterocycles. The smallest absolute Gasteiger partial charge is 0.387 e. The summed E-state index contributed by atoms with van der Waals surface area (Å²) in [5.74, 6) is 0.628. The summed E-state index contributed by atoms with van der Waals surface area (Å²) in [4.78, 5) is 4.50. The molecule has 1 fully saturated rings. The molecule has 4 nitrogen and oxygen atoms in total. The first-order valence-corrected chi connectivity index (χ1v) is 8.86. The van der Waals surface area contributed by atoms with Crippen LogP contribution in [0.2, 0.25) is 0 Å². The van der Waals surface area contributed by atoms with Gasteiger partial charge in [-0.05, 0) is 60.6 Å². The van der Waals surface area contributed by atoms with Gasteiger partial charge in [0.2, 0.25) is 0 Å². The number of ether oxygens (including phenoxy) is 1. The van der Waals surface area contributed by atoms with Gasteiger partial charge >= 0.3 is 6.61 Å². The Labute approximate surface area is 151 Å². The van der Waals surface area contributed by atoms with Crippen LogP contribution in [-0.4, -0.2) is 18.6 Å². The van der Waals surface area contributed by atoms with Gasteiger partial charge in [0.15, 0.2) is 5.96 Å². The van der Waals surface area contributed by atoms with Crippen molar-refractivity contribution in [3.8, 4) is 5.75 Å². The molecule has 0 amide bonds. The number of nitrogens with one attached hydrogen (secondary N) is 1. The summed E-state index contributed by atoms with van der Waals surface area (Å²) in [6.45, 7) is -2.83. The Morgan fingerprint density at radius 1 is 1.15 bits per heavy atom. The number of halogens is 2. The lowest BCUT2D eigenvalue weighted by Crippen LogP contribution is -2.23. The highest BCUT2D eigenvalue weighted by molar-refractivity contribution is 5.92. The van der Waals surface area contributed by atoms with Crippen molar-refractivity contribution in [2.75, 3.05) is 5.32 Å². The van der Waals surface area contributed by atoms with Crippen molar-refractivity contribution in [1.82, 2.24) is 0 Å². The Kier molecular flexibility index (Phi) is 4.49. The fraction of sp³-hybridized carbons (Fsp3) is 0.350. The number of alkyl halides is 2. The van der Waals surface area contributed by atoms with Crippen LogP contribution >= 0.6 is 0 Å². The Balaban J connectivity index is 1.42. The zero-order valence-corrected chi connectivity index (χ0v) is 14.3. The van der Waals surface area contributed by atoms with Crippen LogP contribution in [0.25, 0.3) is 0 Å². The van der Waals surface area contributed by atoms with E-state index in [0.29, 0.717) is 5.96 Å². The molecule has 4 rings (SSSR count). The lowest BCUT2D eigenvalue weighted by Gasteiger charge is -2.10. The number of guanidine groups is 1. The van der Waals surface area contributed by atoms with E-state index in [0.717, 1.165) is 30.5 Å². The second-order valence-electron chi connectivity index (χ2n) is 6.80. The molecule has 1 saturated carbocycles. The van der Waals surface area contributed by atoms with E-state index < -0.39 is 6.61 Å². The Hall–Kier alpha value is -2.63. The third-order valence-electron chi connectivity index (χ3n) is 4.97. The summed E-state index contributed by atoms with van der Waals surface area (Å²) < 4.78 is 29.7. The standard InChI is InChI=1S/C20H21F2N3O/c21-19(22)26-18-7-2-1-6-15(18)16-11-17(16)25-20(23)24-14-9-8-12-4-3-5-13(12)10-14/h1-2,6-10,16-17,19H,3-5,11H2,(H3,23,24,25)/t16-,17+/m1/s1. The van der Waals surface area contributed by atoms with Gasteiger partial charge in [-0.15, -0.1) is 0 Å². The maximum absolute atomic E-state index is 12.5. The summed E-state index contributed by atoms with van der Waals surface area (Å²) in [7, 11) is 0. The van der Waals surface area contributed by atoms with Crippen molar-refractivity contribution in [2.24, 2.45) is 10.7 Å². The van der Waals surface area contributed by atoms with Crippen LogP contribution in [0.4, 0.5) is 14.5 Å². The first-order valence-electron chi connectivity index (χ1n) is 8.86. The molecule has 26 heavy (non-hydrogen) atoms. The van der Waals surface area contributed by atoms with Gasteiger partial charge in [-0.25, -0.2) is 4.99 Å². The number of aliphatic imine (C=N–C) groups is 1. The molecule has 3 N–H and O–H groups in total. The second-order valence-corrected chi connectivity index (χ2v) is 6.80. The first-order chi connectivity index (χ1) is 12.6. The molecular weight excluding hydrogens is 336 g/mol. The number of anilines is 1. The molecule has 0 aliphatic heterocycles. The van der Waals surface area contributed by atoms with Gasteiger partial charge in [0.1, 0.15) is 5.75 Å². The number of nitrogens with zero attached hydrogens (tertiary/aromatic N) is 1. The average Bonchev–Trinajstić information content (AvgIpc) is 3.18. The number of nitrogens with two attached hydrogens (primary N) is 1. The van der Waals surface area contributed by atoms with Crippen LogP contribution in [0.15, 0.2) is 47.5 Å². The zero-order valence-electron chi connectivity index (χ0n) is 14.3. The minimum absolute atomic E-state index is 0.0145. The van der Waals surface area contributed by atoms with Gasteiger partial charge in [0, 0.05) is 11.6 Å². The lowest BCUT2D eigenvalue weighted by molar-refractivity contribution is -0.0504. The molecular formula is C20H21F2N3O. The van der Waals surface area contributed by atoms with Crippen molar-refractivity contribution in [2.45, 2.75) is 44.3 Å². The van der Waals surface area contributed by atoms with E-state index in [1.54, 1.807) is 12.1 Å². The Morgan fingerprint density at radius 3 is 2.81 bits per heavy atom. The van der Waals surface area contributed by atoms with E-state index in [4.69, 9.17) is 5.73 Å². The number of fused-ring (bicyclic) bond motifs is 1. The SMILES string of the molecule is NC(=N[C@H]1C[C@@H]1c1ccccc1OC(F)F)Nc1ccc2c(c1)CCC2. The maximum Gasteiger partial charge on any atom is 0.387 e. The summed E-state index contributed by atoms with van der Waals surface area (Å²) in [5.41, 5.74) is 10.5. The van der Waals surface area contributed by atoms with E-state index in [1.165, 1.54) is 17.5 Å².